The zero-order valence-corrected chi connectivity index (χ0v) is 11.8. The average Bonchev–Trinajstić information content (AvgIpc) is 2.49. The Morgan fingerprint density at radius 1 is 1.15 bits per heavy atom. The monoisotopic (exact) mass is 275 g/mol. The molecule has 1 aromatic carbocycles. The third-order valence-corrected chi connectivity index (χ3v) is 4.05. The van der Waals surface area contributed by atoms with E-state index in [-0.39, 0.29) is 11.8 Å². The van der Waals surface area contributed by atoms with Crippen molar-refractivity contribution < 1.29 is 14.7 Å². The number of benzene rings is 1. The first-order chi connectivity index (χ1) is 9.65. The first-order valence-corrected chi connectivity index (χ1v) is 7.24. The predicted molar refractivity (Wildman–Crippen MR) is 77.6 cm³/mol. The van der Waals surface area contributed by atoms with Crippen molar-refractivity contribution in [3.63, 3.8) is 0 Å². The summed E-state index contributed by atoms with van der Waals surface area (Å²) in [5, 5.41) is 9.31. The van der Waals surface area contributed by atoms with Gasteiger partial charge in [0.25, 0.3) is 0 Å². The molecule has 0 heterocycles. The van der Waals surface area contributed by atoms with Gasteiger partial charge >= 0.3 is 5.97 Å². The van der Waals surface area contributed by atoms with E-state index >= 15 is 0 Å². The van der Waals surface area contributed by atoms with Crippen LogP contribution in [0.1, 0.15) is 32.6 Å². The van der Waals surface area contributed by atoms with Crippen LogP contribution in [0.3, 0.4) is 0 Å². The van der Waals surface area contributed by atoms with Crippen LogP contribution in [0.15, 0.2) is 30.3 Å². The number of rotatable bonds is 4. The lowest BCUT2D eigenvalue weighted by atomic mass is 9.78. The van der Waals surface area contributed by atoms with E-state index in [1.54, 1.807) is 4.90 Å². The van der Waals surface area contributed by atoms with Crippen LogP contribution in [0.5, 0.6) is 0 Å². The largest absolute Gasteiger partial charge is 0.481 e. The van der Waals surface area contributed by atoms with E-state index in [4.69, 9.17) is 0 Å². The minimum absolute atomic E-state index is 0.0502. The standard InChI is InChI=1S/C16H21NO3/c1-2-17(12-8-4-3-5-9-12)15(18)13-10-6-7-11-14(13)16(19)20/h3-5,8-9,13-14H,2,6-7,10-11H2,1H3,(H,19,20)/t13-,14+/m0/s1. The number of carbonyl (C=O) groups excluding carboxylic acids is 1. The summed E-state index contributed by atoms with van der Waals surface area (Å²) in [4.78, 5) is 25.8. The summed E-state index contributed by atoms with van der Waals surface area (Å²) in [5.74, 6) is -1.81. The number of hydrogen-bond acceptors (Lipinski definition) is 2. The van der Waals surface area contributed by atoms with Crippen LogP contribution in [-0.2, 0) is 9.59 Å². The molecule has 1 saturated carbocycles. The highest BCUT2D eigenvalue weighted by molar-refractivity contribution is 5.97. The summed E-state index contributed by atoms with van der Waals surface area (Å²) in [5.41, 5.74) is 0.842. The number of carboxylic acid groups (broad SMARTS) is 1. The average molecular weight is 275 g/mol. The predicted octanol–water partition coefficient (Wildman–Crippen LogP) is 2.93. The van der Waals surface area contributed by atoms with Crippen LogP contribution in [0.4, 0.5) is 5.69 Å². The molecule has 0 spiro atoms. The molecule has 20 heavy (non-hydrogen) atoms. The summed E-state index contributed by atoms with van der Waals surface area (Å²) in [7, 11) is 0. The summed E-state index contributed by atoms with van der Waals surface area (Å²) in [6.45, 7) is 2.48. The van der Waals surface area contributed by atoms with E-state index in [1.807, 2.05) is 37.3 Å². The Morgan fingerprint density at radius 2 is 1.75 bits per heavy atom. The molecular formula is C16H21NO3. The molecule has 1 amide bonds. The molecule has 0 aliphatic heterocycles. The zero-order chi connectivity index (χ0) is 14.5. The Kier molecular flexibility index (Phi) is 4.77. The van der Waals surface area contributed by atoms with Crippen molar-refractivity contribution in [2.45, 2.75) is 32.6 Å². The second-order valence-corrected chi connectivity index (χ2v) is 5.25. The van der Waals surface area contributed by atoms with Crippen molar-refractivity contribution in [2.75, 3.05) is 11.4 Å². The Hall–Kier alpha value is -1.84. The quantitative estimate of drug-likeness (QED) is 0.919. The first kappa shape index (κ1) is 14.6. The van der Waals surface area contributed by atoms with Gasteiger partial charge in [0, 0.05) is 12.2 Å². The molecule has 1 aliphatic carbocycles. The maximum Gasteiger partial charge on any atom is 0.307 e. The molecule has 1 fully saturated rings. The van der Waals surface area contributed by atoms with E-state index in [0.29, 0.717) is 19.4 Å². The molecule has 0 unspecified atom stereocenters. The fourth-order valence-corrected chi connectivity index (χ4v) is 3.00. The molecule has 4 heteroatoms. The third kappa shape index (κ3) is 3.00. The number of para-hydroxylation sites is 1. The highest BCUT2D eigenvalue weighted by Crippen LogP contribution is 2.32. The van der Waals surface area contributed by atoms with Gasteiger partial charge in [-0.05, 0) is 31.9 Å². The Bertz CT molecular complexity index is 472. The van der Waals surface area contributed by atoms with Crippen LogP contribution in [0.2, 0.25) is 0 Å². The summed E-state index contributed by atoms with van der Waals surface area (Å²) in [6, 6.07) is 9.46. The molecule has 4 nitrogen and oxygen atoms in total. The van der Waals surface area contributed by atoms with Gasteiger partial charge in [0.1, 0.15) is 0 Å². The van der Waals surface area contributed by atoms with Crippen LogP contribution >= 0.6 is 0 Å². The van der Waals surface area contributed by atoms with E-state index in [0.717, 1.165) is 18.5 Å². The molecule has 2 rings (SSSR count). The number of carbonyl (C=O) groups is 2. The van der Waals surface area contributed by atoms with E-state index in [1.165, 1.54) is 0 Å². The molecule has 1 N–H and O–H groups in total. The molecular weight excluding hydrogens is 254 g/mol. The lowest BCUT2D eigenvalue weighted by Gasteiger charge is -2.32. The van der Waals surface area contributed by atoms with Gasteiger partial charge in [-0.1, -0.05) is 31.0 Å². The molecule has 108 valence electrons. The Morgan fingerprint density at radius 3 is 2.30 bits per heavy atom. The van der Waals surface area contributed by atoms with E-state index in [2.05, 4.69) is 0 Å². The van der Waals surface area contributed by atoms with Crippen LogP contribution in [-0.4, -0.2) is 23.5 Å². The van der Waals surface area contributed by atoms with Crippen molar-refractivity contribution in [1.29, 1.82) is 0 Å². The molecule has 1 aliphatic rings. The molecule has 2 atom stereocenters. The molecule has 1 aromatic rings. The number of aliphatic carboxylic acids is 1. The first-order valence-electron chi connectivity index (χ1n) is 7.24. The second-order valence-electron chi connectivity index (χ2n) is 5.25. The van der Waals surface area contributed by atoms with Crippen LogP contribution in [0.25, 0.3) is 0 Å². The fraction of sp³-hybridized carbons (Fsp3) is 0.500. The topological polar surface area (TPSA) is 57.6 Å². The van der Waals surface area contributed by atoms with Crippen LogP contribution in [0, 0.1) is 11.8 Å². The Balaban J connectivity index is 2.21. The van der Waals surface area contributed by atoms with E-state index < -0.39 is 11.9 Å². The number of nitrogens with zero attached hydrogens (tertiary/aromatic N) is 1. The van der Waals surface area contributed by atoms with Gasteiger partial charge in [-0.2, -0.15) is 0 Å². The molecule has 0 aromatic heterocycles. The summed E-state index contributed by atoms with van der Waals surface area (Å²) >= 11 is 0. The fourth-order valence-electron chi connectivity index (χ4n) is 3.00. The van der Waals surface area contributed by atoms with Gasteiger partial charge in [0.2, 0.25) is 5.91 Å². The zero-order valence-electron chi connectivity index (χ0n) is 11.8. The van der Waals surface area contributed by atoms with Crippen molar-refractivity contribution in [2.24, 2.45) is 11.8 Å². The van der Waals surface area contributed by atoms with Crippen molar-refractivity contribution in [3.05, 3.63) is 30.3 Å². The van der Waals surface area contributed by atoms with Crippen molar-refractivity contribution in [3.8, 4) is 0 Å². The summed E-state index contributed by atoms with van der Waals surface area (Å²) < 4.78 is 0. The van der Waals surface area contributed by atoms with Gasteiger partial charge in [-0.3, -0.25) is 9.59 Å². The van der Waals surface area contributed by atoms with Crippen molar-refractivity contribution >= 4 is 17.6 Å². The normalized spacial score (nSPS) is 22.2. The SMILES string of the molecule is CCN(C(=O)[C@H]1CCCC[C@H]1C(=O)O)c1ccccc1. The number of carboxylic acids is 1. The maximum absolute atomic E-state index is 12.7. The molecule has 0 radical (unpaired) electrons. The number of anilines is 1. The minimum atomic E-state index is -0.841. The highest BCUT2D eigenvalue weighted by Gasteiger charge is 2.37. The molecule has 0 saturated heterocycles. The smallest absolute Gasteiger partial charge is 0.307 e. The maximum atomic E-state index is 12.7. The second kappa shape index (κ2) is 6.55. The van der Waals surface area contributed by atoms with Gasteiger partial charge < -0.3 is 10.0 Å². The highest BCUT2D eigenvalue weighted by atomic mass is 16.4. The molecule has 0 bridgehead atoms. The van der Waals surface area contributed by atoms with Gasteiger partial charge in [0.05, 0.1) is 11.8 Å². The summed E-state index contributed by atoms with van der Waals surface area (Å²) in [6.07, 6.45) is 3.13. The van der Waals surface area contributed by atoms with E-state index in [9.17, 15) is 14.7 Å². The minimum Gasteiger partial charge on any atom is -0.481 e. The third-order valence-electron chi connectivity index (χ3n) is 4.05. The lowest BCUT2D eigenvalue weighted by Crippen LogP contribution is -2.42. The van der Waals surface area contributed by atoms with Crippen molar-refractivity contribution in [1.82, 2.24) is 0 Å². The van der Waals surface area contributed by atoms with Gasteiger partial charge in [-0.25, -0.2) is 0 Å². The lowest BCUT2D eigenvalue weighted by molar-refractivity contribution is -0.148. The van der Waals surface area contributed by atoms with Gasteiger partial charge in [0.15, 0.2) is 0 Å². The number of hydrogen-bond donors (Lipinski definition) is 1. The Labute approximate surface area is 119 Å². The van der Waals surface area contributed by atoms with Crippen LogP contribution < -0.4 is 4.90 Å². The van der Waals surface area contributed by atoms with Gasteiger partial charge in [-0.15, -0.1) is 0 Å². The number of amides is 1.